The molecular formula is C25H32F2N6OS. The molecule has 10 heteroatoms. The van der Waals surface area contributed by atoms with Crippen LogP contribution in [-0.2, 0) is 11.2 Å². The van der Waals surface area contributed by atoms with Gasteiger partial charge >= 0.3 is 0 Å². The molecule has 188 valence electrons. The van der Waals surface area contributed by atoms with Crippen molar-refractivity contribution in [1.82, 2.24) is 30.4 Å². The summed E-state index contributed by atoms with van der Waals surface area (Å²) in [6.45, 7) is 3.27. The second-order valence-corrected chi connectivity index (χ2v) is 11.0. The van der Waals surface area contributed by atoms with Crippen LogP contribution in [-0.4, -0.2) is 63.6 Å². The van der Waals surface area contributed by atoms with Gasteiger partial charge in [-0.15, -0.1) is 11.3 Å². The van der Waals surface area contributed by atoms with Crippen molar-refractivity contribution in [3.63, 3.8) is 0 Å². The molecule has 0 saturated heterocycles. The molecule has 7 nitrogen and oxygen atoms in total. The standard InChI is InChI=1S/C25H32F2N6OS/c1-16-28-14-21(35-16)20(25(9-10-25)24(2,26)27)12-22(34)29-13-19(33(3)4)11-17-5-7-18(8-6-17)23-30-15-31-32-23/h5-8,14-15,19-20H,9-13H2,1-4H3,(H,29,34)(H,30,31,32)/t19-,20+/m0/s1. The number of aryl methyl sites for hydroxylation is 1. The molecule has 0 spiro atoms. The topological polar surface area (TPSA) is 86.8 Å². The van der Waals surface area contributed by atoms with Crippen molar-refractivity contribution in [2.24, 2.45) is 5.41 Å². The summed E-state index contributed by atoms with van der Waals surface area (Å²) in [5, 5.41) is 10.6. The number of amides is 1. The Morgan fingerprint density at radius 1 is 1.26 bits per heavy atom. The van der Waals surface area contributed by atoms with Crippen molar-refractivity contribution < 1.29 is 13.6 Å². The van der Waals surface area contributed by atoms with Crippen molar-refractivity contribution in [2.75, 3.05) is 20.6 Å². The van der Waals surface area contributed by atoms with Gasteiger partial charge in [-0.3, -0.25) is 9.89 Å². The van der Waals surface area contributed by atoms with Crippen LogP contribution in [0.3, 0.4) is 0 Å². The number of likely N-dealkylation sites (N-methyl/N-ethyl adjacent to an activating group) is 1. The van der Waals surface area contributed by atoms with Crippen LogP contribution in [0.15, 0.2) is 36.8 Å². The Kier molecular flexibility index (Phi) is 7.32. The smallest absolute Gasteiger partial charge is 0.251 e. The molecule has 1 fully saturated rings. The fraction of sp³-hybridized carbons (Fsp3) is 0.520. The predicted molar refractivity (Wildman–Crippen MR) is 133 cm³/mol. The van der Waals surface area contributed by atoms with Gasteiger partial charge in [0.1, 0.15) is 6.33 Å². The Labute approximate surface area is 208 Å². The van der Waals surface area contributed by atoms with Gasteiger partial charge in [0.25, 0.3) is 5.92 Å². The highest BCUT2D eigenvalue weighted by Gasteiger charge is 2.64. The number of carbonyl (C=O) groups excluding carboxylic acids is 1. The summed E-state index contributed by atoms with van der Waals surface area (Å²) in [6.07, 6.45) is 4.76. The minimum Gasteiger partial charge on any atom is -0.355 e. The molecule has 0 radical (unpaired) electrons. The third-order valence-corrected chi connectivity index (χ3v) is 8.11. The van der Waals surface area contributed by atoms with E-state index in [9.17, 15) is 13.6 Å². The maximum atomic E-state index is 14.6. The van der Waals surface area contributed by atoms with Crippen LogP contribution in [0, 0.1) is 12.3 Å². The Bertz CT molecular complexity index is 1120. The molecule has 2 heterocycles. The third-order valence-electron chi connectivity index (χ3n) is 7.08. The first kappa shape index (κ1) is 25.4. The maximum Gasteiger partial charge on any atom is 0.251 e. The van der Waals surface area contributed by atoms with Gasteiger partial charge in [0, 0.05) is 47.0 Å². The highest BCUT2D eigenvalue weighted by atomic mass is 32.1. The van der Waals surface area contributed by atoms with Crippen LogP contribution in [0.5, 0.6) is 0 Å². The average molecular weight is 503 g/mol. The molecular weight excluding hydrogens is 470 g/mol. The van der Waals surface area contributed by atoms with E-state index in [0.29, 0.717) is 25.2 Å². The minimum absolute atomic E-state index is 0.0388. The summed E-state index contributed by atoms with van der Waals surface area (Å²) in [4.78, 5) is 24.2. The molecule has 3 aromatic rings. The van der Waals surface area contributed by atoms with Crippen molar-refractivity contribution in [1.29, 1.82) is 0 Å². The number of nitrogens with zero attached hydrogens (tertiary/aromatic N) is 4. The number of hydrogen-bond donors (Lipinski definition) is 2. The van der Waals surface area contributed by atoms with Crippen LogP contribution < -0.4 is 5.32 Å². The highest BCUT2D eigenvalue weighted by molar-refractivity contribution is 7.11. The van der Waals surface area contributed by atoms with E-state index in [4.69, 9.17) is 0 Å². The molecule has 0 bridgehead atoms. The van der Waals surface area contributed by atoms with Gasteiger partial charge in [-0.05, 0) is 52.8 Å². The zero-order chi connectivity index (χ0) is 25.2. The minimum atomic E-state index is -2.85. The number of alkyl halides is 2. The zero-order valence-electron chi connectivity index (χ0n) is 20.5. The van der Waals surface area contributed by atoms with E-state index in [1.807, 2.05) is 45.3 Å². The normalized spacial score (nSPS) is 16.8. The number of nitrogens with one attached hydrogen (secondary N) is 2. The van der Waals surface area contributed by atoms with E-state index in [1.165, 1.54) is 17.7 Å². The van der Waals surface area contributed by atoms with Gasteiger partial charge in [0.05, 0.1) is 5.01 Å². The highest BCUT2D eigenvalue weighted by Crippen LogP contribution is 2.65. The second-order valence-electron chi connectivity index (χ2n) is 9.74. The van der Waals surface area contributed by atoms with Crippen molar-refractivity contribution in [2.45, 2.75) is 57.4 Å². The average Bonchev–Trinajstić information content (AvgIpc) is 3.23. The number of thiazole rings is 1. The Balaban J connectivity index is 1.39. The van der Waals surface area contributed by atoms with E-state index in [2.05, 4.69) is 30.4 Å². The molecule has 35 heavy (non-hydrogen) atoms. The van der Waals surface area contributed by atoms with Gasteiger partial charge in [-0.25, -0.2) is 18.7 Å². The van der Waals surface area contributed by atoms with Crippen LogP contribution in [0.2, 0.25) is 0 Å². The molecule has 1 aromatic carbocycles. The monoisotopic (exact) mass is 502 g/mol. The van der Waals surface area contributed by atoms with E-state index in [-0.39, 0.29) is 18.4 Å². The molecule has 2 aromatic heterocycles. The number of carbonyl (C=O) groups is 1. The summed E-state index contributed by atoms with van der Waals surface area (Å²) >= 11 is 1.41. The summed E-state index contributed by atoms with van der Waals surface area (Å²) in [7, 11) is 3.94. The van der Waals surface area contributed by atoms with Gasteiger partial charge in [-0.2, -0.15) is 5.10 Å². The Morgan fingerprint density at radius 3 is 2.49 bits per heavy atom. The predicted octanol–water partition coefficient (Wildman–Crippen LogP) is 4.43. The Hall–Kier alpha value is -2.72. The summed E-state index contributed by atoms with van der Waals surface area (Å²) in [6, 6.07) is 8.12. The molecule has 2 N–H and O–H groups in total. The second kappa shape index (κ2) is 10.1. The lowest BCUT2D eigenvalue weighted by atomic mass is 9.80. The first-order valence-corrected chi connectivity index (χ1v) is 12.6. The fourth-order valence-corrected chi connectivity index (χ4v) is 5.68. The van der Waals surface area contributed by atoms with Crippen LogP contribution >= 0.6 is 11.3 Å². The molecule has 2 atom stereocenters. The van der Waals surface area contributed by atoms with E-state index in [1.54, 1.807) is 6.20 Å². The molecule has 0 aliphatic heterocycles. The van der Waals surface area contributed by atoms with Crippen LogP contribution in [0.1, 0.15) is 47.6 Å². The lowest BCUT2D eigenvalue weighted by Crippen LogP contribution is -2.42. The molecule has 1 saturated carbocycles. The zero-order valence-corrected chi connectivity index (χ0v) is 21.3. The number of H-pyrrole nitrogens is 1. The first-order valence-electron chi connectivity index (χ1n) is 11.8. The third kappa shape index (κ3) is 5.75. The van der Waals surface area contributed by atoms with E-state index >= 15 is 0 Å². The quantitative estimate of drug-likeness (QED) is 0.405. The van der Waals surface area contributed by atoms with Gasteiger partial charge in [0.15, 0.2) is 5.82 Å². The van der Waals surface area contributed by atoms with Gasteiger partial charge in [-0.1, -0.05) is 24.3 Å². The lowest BCUT2D eigenvalue weighted by molar-refractivity contribution is -0.123. The van der Waals surface area contributed by atoms with E-state index < -0.39 is 17.3 Å². The fourth-order valence-electron chi connectivity index (χ4n) is 4.68. The summed E-state index contributed by atoms with van der Waals surface area (Å²) < 4.78 is 29.1. The molecule has 1 amide bonds. The molecule has 4 rings (SSSR count). The first-order chi connectivity index (χ1) is 16.6. The lowest BCUT2D eigenvalue weighted by Gasteiger charge is -2.31. The number of benzene rings is 1. The van der Waals surface area contributed by atoms with Crippen molar-refractivity contribution in [3.05, 3.63) is 52.2 Å². The molecule has 1 aliphatic rings. The number of aromatic nitrogens is 4. The number of hydrogen-bond acceptors (Lipinski definition) is 6. The number of aromatic amines is 1. The van der Waals surface area contributed by atoms with Crippen LogP contribution in [0.25, 0.3) is 11.4 Å². The van der Waals surface area contributed by atoms with Crippen LogP contribution in [0.4, 0.5) is 8.78 Å². The number of rotatable bonds is 11. The SMILES string of the molecule is Cc1ncc([C@@H](CC(=O)NC[C@H](Cc2ccc(-c3ncn[nH]3)cc2)N(C)C)C2(C(C)(F)F)CC2)s1. The largest absolute Gasteiger partial charge is 0.355 e. The van der Waals surface area contributed by atoms with Gasteiger partial charge < -0.3 is 10.2 Å². The van der Waals surface area contributed by atoms with E-state index in [0.717, 1.165) is 34.4 Å². The van der Waals surface area contributed by atoms with Crippen molar-refractivity contribution in [3.8, 4) is 11.4 Å². The number of halogens is 2. The maximum absolute atomic E-state index is 14.6. The summed E-state index contributed by atoms with van der Waals surface area (Å²) in [5.41, 5.74) is 0.920. The van der Waals surface area contributed by atoms with Crippen molar-refractivity contribution >= 4 is 17.2 Å². The Morgan fingerprint density at radius 2 is 1.97 bits per heavy atom. The molecule has 0 unspecified atom stereocenters. The molecule has 1 aliphatic carbocycles. The summed E-state index contributed by atoms with van der Waals surface area (Å²) in [5.74, 6) is -2.87. The van der Waals surface area contributed by atoms with Gasteiger partial charge in [0.2, 0.25) is 5.91 Å².